The van der Waals surface area contributed by atoms with Gasteiger partial charge in [-0.3, -0.25) is 9.79 Å². The third-order valence-electron chi connectivity index (χ3n) is 5.51. The predicted octanol–water partition coefficient (Wildman–Crippen LogP) is 3.42. The third kappa shape index (κ3) is 4.35. The number of hydrogen-bond donors (Lipinski definition) is 1. The van der Waals surface area contributed by atoms with Crippen molar-refractivity contribution in [2.24, 2.45) is 16.8 Å². The van der Waals surface area contributed by atoms with Gasteiger partial charge in [0.1, 0.15) is 0 Å². The molecule has 2 fully saturated rings. The predicted molar refractivity (Wildman–Crippen MR) is 118 cm³/mol. The minimum Gasteiger partial charge on any atom is -0.469 e. The van der Waals surface area contributed by atoms with Crippen molar-refractivity contribution >= 4 is 51.8 Å². The zero-order valence-electron chi connectivity index (χ0n) is 15.5. The Balaban J connectivity index is 0.00000243. The van der Waals surface area contributed by atoms with Crippen LogP contribution in [0.1, 0.15) is 25.3 Å². The smallest absolute Gasteiger partial charge is 0.310 e. The number of likely N-dealkylation sites (tertiary alicyclic amines) is 1. The van der Waals surface area contributed by atoms with Crippen molar-refractivity contribution in [3.8, 4) is 0 Å². The van der Waals surface area contributed by atoms with Crippen molar-refractivity contribution in [3.05, 3.63) is 34.3 Å². The lowest BCUT2D eigenvalue weighted by atomic mass is 9.96. The SMILES string of the molecule is CN=C(NCC1(c2ccccc2Br)CC1)N1CC(C)C(C(=O)OC)C1.I. The summed E-state index contributed by atoms with van der Waals surface area (Å²) < 4.78 is 6.10. The molecule has 2 aliphatic rings. The number of nitrogens with zero attached hydrogens (tertiary/aromatic N) is 2. The van der Waals surface area contributed by atoms with E-state index in [0.717, 1.165) is 19.0 Å². The highest BCUT2D eigenvalue weighted by atomic mass is 127. The van der Waals surface area contributed by atoms with Crippen molar-refractivity contribution in [1.82, 2.24) is 10.2 Å². The monoisotopic (exact) mass is 535 g/mol. The first kappa shape index (κ1) is 21.5. The first-order chi connectivity index (χ1) is 12.0. The Labute approximate surface area is 181 Å². The van der Waals surface area contributed by atoms with E-state index >= 15 is 0 Å². The lowest BCUT2D eigenvalue weighted by Gasteiger charge is -2.25. The van der Waals surface area contributed by atoms with Gasteiger partial charge in [0, 0.05) is 36.6 Å². The zero-order valence-corrected chi connectivity index (χ0v) is 19.4. The third-order valence-corrected chi connectivity index (χ3v) is 6.20. The summed E-state index contributed by atoms with van der Waals surface area (Å²) in [4.78, 5) is 18.5. The largest absolute Gasteiger partial charge is 0.469 e. The molecule has 1 N–H and O–H groups in total. The molecule has 3 rings (SSSR count). The van der Waals surface area contributed by atoms with Crippen LogP contribution in [0, 0.1) is 11.8 Å². The van der Waals surface area contributed by atoms with E-state index in [0.29, 0.717) is 6.54 Å². The van der Waals surface area contributed by atoms with Gasteiger partial charge < -0.3 is 15.0 Å². The minimum absolute atomic E-state index is 0. The maximum absolute atomic E-state index is 11.9. The number of ether oxygens (including phenoxy) is 1. The lowest BCUT2D eigenvalue weighted by molar-refractivity contribution is -0.145. The van der Waals surface area contributed by atoms with E-state index in [-0.39, 0.29) is 47.2 Å². The second kappa shape index (κ2) is 8.91. The second-order valence-corrected chi connectivity index (χ2v) is 8.03. The van der Waals surface area contributed by atoms with Crippen LogP contribution in [0.4, 0.5) is 0 Å². The minimum atomic E-state index is -0.127. The summed E-state index contributed by atoms with van der Waals surface area (Å²) in [5, 5.41) is 3.54. The van der Waals surface area contributed by atoms with Crippen molar-refractivity contribution in [2.45, 2.75) is 25.2 Å². The van der Waals surface area contributed by atoms with Gasteiger partial charge in [-0.2, -0.15) is 0 Å². The molecule has 1 aromatic rings. The molecule has 5 nitrogen and oxygen atoms in total. The highest BCUT2D eigenvalue weighted by molar-refractivity contribution is 14.0. The van der Waals surface area contributed by atoms with Gasteiger partial charge in [-0.15, -0.1) is 24.0 Å². The molecule has 0 aromatic heterocycles. The molecule has 0 spiro atoms. The van der Waals surface area contributed by atoms with Gasteiger partial charge >= 0.3 is 5.97 Å². The fourth-order valence-electron chi connectivity index (χ4n) is 3.76. The van der Waals surface area contributed by atoms with Crippen molar-refractivity contribution in [3.63, 3.8) is 0 Å². The molecule has 1 heterocycles. The Kier molecular flexibility index (Phi) is 7.35. The Morgan fingerprint density at radius 3 is 2.65 bits per heavy atom. The summed E-state index contributed by atoms with van der Waals surface area (Å²) in [5.41, 5.74) is 1.54. The average molecular weight is 536 g/mol. The van der Waals surface area contributed by atoms with E-state index in [4.69, 9.17) is 4.74 Å². The second-order valence-electron chi connectivity index (χ2n) is 7.17. The number of rotatable bonds is 4. The van der Waals surface area contributed by atoms with Crippen molar-refractivity contribution in [1.29, 1.82) is 0 Å². The molecule has 7 heteroatoms. The number of nitrogens with one attached hydrogen (secondary N) is 1. The summed E-state index contributed by atoms with van der Waals surface area (Å²) in [5.74, 6) is 0.930. The van der Waals surface area contributed by atoms with Gasteiger partial charge in [0.05, 0.1) is 13.0 Å². The van der Waals surface area contributed by atoms with E-state index < -0.39 is 0 Å². The molecule has 2 unspecified atom stereocenters. The van der Waals surface area contributed by atoms with Gasteiger partial charge in [0.2, 0.25) is 0 Å². The molecular weight excluding hydrogens is 509 g/mol. The van der Waals surface area contributed by atoms with Crippen LogP contribution >= 0.6 is 39.9 Å². The van der Waals surface area contributed by atoms with Crippen molar-refractivity contribution in [2.75, 3.05) is 33.8 Å². The summed E-state index contributed by atoms with van der Waals surface area (Å²) in [6.45, 7) is 4.44. The van der Waals surface area contributed by atoms with Crippen LogP contribution < -0.4 is 5.32 Å². The summed E-state index contributed by atoms with van der Waals surface area (Å²) in [7, 11) is 3.26. The van der Waals surface area contributed by atoms with E-state index in [1.165, 1.54) is 30.0 Å². The number of esters is 1. The van der Waals surface area contributed by atoms with E-state index in [1.807, 2.05) is 0 Å². The van der Waals surface area contributed by atoms with Crippen LogP contribution in [0.3, 0.4) is 0 Å². The molecular formula is C19H27BrIN3O2. The Hall–Kier alpha value is -0.830. The van der Waals surface area contributed by atoms with Crippen molar-refractivity contribution < 1.29 is 9.53 Å². The van der Waals surface area contributed by atoms with E-state index in [9.17, 15) is 4.79 Å². The van der Waals surface area contributed by atoms with E-state index in [1.54, 1.807) is 7.05 Å². The molecule has 0 bridgehead atoms. The molecule has 1 aromatic carbocycles. The molecule has 0 radical (unpaired) electrons. The lowest BCUT2D eigenvalue weighted by Crippen LogP contribution is -2.43. The van der Waals surface area contributed by atoms with Crippen LogP contribution in [0.25, 0.3) is 0 Å². The molecule has 1 aliphatic heterocycles. The molecule has 1 aliphatic carbocycles. The summed E-state index contributed by atoms with van der Waals surface area (Å²) in [6, 6.07) is 8.45. The first-order valence-corrected chi connectivity index (χ1v) is 9.58. The number of carbonyl (C=O) groups is 1. The van der Waals surface area contributed by atoms with Gasteiger partial charge in [0.15, 0.2) is 5.96 Å². The van der Waals surface area contributed by atoms with Gasteiger partial charge in [-0.1, -0.05) is 41.1 Å². The average Bonchev–Trinajstić information content (AvgIpc) is 3.30. The maximum Gasteiger partial charge on any atom is 0.310 e. The standard InChI is InChI=1S/C19H26BrN3O2.HI/c1-13-10-23(11-14(13)17(24)25-3)18(21-2)22-12-19(8-9-19)15-6-4-5-7-16(15)20;/h4-7,13-14H,8-12H2,1-3H3,(H,21,22);1H. The summed E-state index contributed by atoms with van der Waals surface area (Å²) >= 11 is 3.68. The maximum atomic E-state index is 11.9. The molecule has 1 saturated heterocycles. The van der Waals surface area contributed by atoms with Gasteiger partial charge in [-0.25, -0.2) is 0 Å². The van der Waals surface area contributed by atoms with E-state index in [2.05, 4.69) is 62.3 Å². The van der Waals surface area contributed by atoms with Crippen LogP contribution in [0.5, 0.6) is 0 Å². The number of guanidine groups is 1. The van der Waals surface area contributed by atoms with Crippen LogP contribution in [-0.4, -0.2) is 50.6 Å². The Bertz CT molecular complexity index is 679. The highest BCUT2D eigenvalue weighted by Crippen LogP contribution is 2.49. The van der Waals surface area contributed by atoms with Crippen LogP contribution in [0.2, 0.25) is 0 Å². The number of aliphatic imine (C=N–C) groups is 1. The number of hydrogen-bond acceptors (Lipinski definition) is 3. The number of carbonyl (C=O) groups excluding carboxylic acids is 1. The Morgan fingerprint density at radius 2 is 2.08 bits per heavy atom. The van der Waals surface area contributed by atoms with Gasteiger partial charge in [0.25, 0.3) is 0 Å². The molecule has 26 heavy (non-hydrogen) atoms. The molecule has 2 atom stereocenters. The van der Waals surface area contributed by atoms with Crippen LogP contribution in [-0.2, 0) is 14.9 Å². The fraction of sp³-hybridized carbons (Fsp3) is 0.579. The van der Waals surface area contributed by atoms with Crippen LogP contribution in [0.15, 0.2) is 33.7 Å². The first-order valence-electron chi connectivity index (χ1n) is 8.79. The fourth-order valence-corrected chi connectivity index (χ4v) is 4.47. The highest BCUT2D eigenvalue weighted by Gasteiger charge is 2.46. The Morgan fingerprint density at radius 1 is 1.38 bits per heavy atom. The quantitative estimate of drug-likeness (QED) is 0.278. The number of benzene rings is 1. The number of halogens is 2. The molecule has 0 amide bonds. The molecule has 144 valence electrons. The summed E-state index contributed by atoms with van der Waals surface area (Å²) in [6.07, 6.45) is 2.36. The van der Waals surface area contributed by atoms with Gasteiger partial charge in [-0.05, 0) is 30.4 Å². The molecule has 1 saturated carbocycles. The zero-order chi connectivity index (χ0) is 18.0. The topological polar surface area (TPSA) is 53.9 Å². The normalized spacial score (nSPS) is 24.0. The number of methoxy groups -OCH3 is 1.